The summed E-state index contributed by atoms with van der Waals surface area (Å²) in [6.07, 6.45) is 0. The zero-order chi connectivity index (χ0) is 16.5. The van der Waals surface area contributed by atoms with Crippen molar-refractivity contribution >= 4 is 27.0 Å². The molecule has 22 heavy (non-hydrogen) atoms. The Morgan fingerprint density at radius 1 is 1.36 bits per heavy atom. The smallest absolute Gasteiger partial charge is 0.154 e. The molecule has 0 spiro atoms. The number of ether oxygens (including phenoxy) is 1. The van der Waals surface area contributed by atoms with Crippen LogP contribution in [0.1, 0.15) is 25.3 Å². The fourth-order valence-electron chi connectivity index (χ4n) is 3.06. The van der Waals surface area contributed by atoms with E-state index in [1.165, 1.54) is 12.1 Å². The molecule has 4 nitrogen and oxygen atoms in total. The van der Waals surface area contributed by atoms with Gasteiger partial charge in [0, 0.05) is 18.3 Å². The van der Waals surface area contributed by atoms with Crippen LogP contribution in [0, 0.1) is 11.2 Å². The van der Waals surface area contributed by atoms with Gasteiger partial charge in [-0.1, -0.05) is 31.3 Å². The molecule has 0 bridgehead atoms. The summed E-state index contributed by atoms with van der Waals surface area (Å²) >= 11 is 5.16. The average Bonchev–Trinajstić information content (AvgIpc) is 3.17. The van der Waals surface area contributed by atoms with Crippen molar-refractivity contribution in [1.29, 1.82) is 0 Å². The van der Waals surface area contributed by atoms with Crippen LogP contribution in [0.4, 0.5) is 4.39 Å². The van der Waals surface area contributed by atoms with Gasteiger partial charge in [-0.3, -0.25) is 0 Å². The van der Waals surface area contributed by atoms with E-state index in [1.54, 1.807) is 19.1 Å². The molecule has 0 aliphatic heterocycles. The summed E-state index contributed by atoms with van der Waals surface area (Å²) in [5, 5.41) is -0.709. The summed E-state index contributed by atoms with van der Waals surface area (Å²) in [5.41, 5.74) is 5.70. The summed E-state index contributed by atoms with van der Waals surface area (Å²) in [4.78, 5) is 0.136. The predicted molar refractivity (Wildman–Crippen MR) is 88.1 cm³/mol. The Morgan fingerprint density at radius 3 is 2.41 bits per heavy atom. The van der Waals surface area contributed by atoms with Crippen LogP contribution in [0.3, 0.4) is 0 Å². The van der Waals surface area contributed by atoms with E-state index in [1.807, 2.05) is 6.92 Å². The monoisotopic (exact) mass is 345 g/mol. The third-order valence-corrected chi connectivity index (χ3v) is 6.93. The first-order valence-electron chi connectivity index (χ1n) is 7.16. The molecule has 0 unspecified atom stereocenters. The third-order valence-electron chi connectivity index (χ3n) is 4.28. The Labute approximate surface area is 135 Å². The zero-order valence-corrected chi connectivity index (χ0v) is 14.2. The lowest BCUT2D eigenvalue weighted by atomic mass is 10.00. The Hall–Kier alpha value is -1.05. The van der Waals surface area contributed by atoms with Crippen LogP contribution in [-0.4, -0.2) is 37.6 Å². The van der Waals surface area contributed by atoms with Crippen LogP contribution >= 0.6 is 12.2 Å². The quantitative estimate of drug-likeness (QED) is 0.766. The van der Waals surface area contributed by atoms with E-state index in [4.69, 9.17) is 22.7 Å². The minimum absolute atomic E-state index is 0.00580. The van der Waals surface area contributed by atoms with Gasteiger partial charge < -0.3 is 10.5 Å². The number of hydrogen-bond acceptors (Lipinski definition) is 4. The van der Waals surface area contributed by atoms with Crippen molar-refractivity contribution in [1.82, 2.24) is 0 Å². The highest BCUT2D eigenvalue weighted by molar-refractivity contribution is 7.92. The van der Waals surface area contributed by atoms with Gasteiger partial charge in [-0.05, 0) is 24.6 Å². The van der Waals surface area contributed by atoms with Gasteiger partial charge in [0.1, 0.15) is 5.82 Å². The Bertz CT molecular complexity index is 660. The molecule has 0 radical (unpaired) electrons. The Morgan fingerprint density at radius 2 is 1.95 bits per heavy atom. The molecule has 1 aromatic carbocycles. The summed E-state index contributed by atoms with van der Waals surface area (Å²) in [7, 11) is -3.36. The van der Waals surface area contributed by atoms with Crippen molar-refractivity contribution in [2.45, 2.75) is 25.0 Å². The molecule has 1 fully saturated rings. The number of benzene rings is 1. The van der Waals surface area contributed by atoms with E-state index >= 15 is 0 Å². The van der Waals surface area contributed by atoms with Crippen molar-refractivity contribution in [2.75, 3.05) is 19.0 Å². The molecule has 1 aliphatic rings. The molecule has 0 heterocycles. The van der Waals surface area contributed by atoms with Crippen LogP contribution in [0.5, 0.6) is 0 Å². The van der Waals surface area contributed by atoms with E-state index in [2.05, 4.69) is 0 Å². The van der Waals surface area contributed by atoms with Gasteiger partial charge in [0.2, 0.25) is 0 Å². The molecule has 2 N–H and O–H groups in total. The van der Waals surface area contributed by atoms with Gasteiger partial charge in [-0.25, -0.2) is 12.8 Å². The fraction of sp³-hybridized carbons (Fsp3) is 0.533. The van der Waals surface area contributed by atoms with Crippen LogP contribution in [0.2, 0.25) is 0 Å². The van der Waals surface area contributed by atoms with Gasteiger partial charge in [-0.2, -0.15) is 0 Å². The van der Waals surface area contributed by atoms with Crippen molar-refractivity contribution in [3.05, 3.63) is 35.6 Å². The first-order chi connectivity index (χ1) is 10.3. The lowest BCUT2D eigenvalue weighted by Crippen LogP contribution is -2.34. The van der Waals surface area contributed by atoms with Crippen molar-refractivity contribution in [3.63, 3.8) is 0 Å². The van der Waals surface area contributed by atoms with Crippen LogP contribution in [-0.2, 0) is 14.6 Å². The van der Waals surface area contributed by atoms with E-state index in [-0.39, 0.29) is 29.1 Å². The van der Waals surface area contributed by atoms with Crippen LogP contribution < -0.4 is 5.73 Å². The number of sulfone groups is 1. The SMILES string of the molecule is CCOC[C@@]1(C(N)=S)[C@H](c2ccc(F)cc2)[C@@H]1S(=O)(=O)CC. The van der Waals surface area contributed by atoms with E-state index < -0.39 is 20.5 Å². The van der Waals surface area contributed by atoms with Crippen molar-refractivity contribution in [3.8, 4) is 0 Å². The molecule has 0 aromatic heterocycles. The van der Waals surface area contributed by atoms with Gasteiger partial charge in [-0.15, -0.1) is 0 Å². The highest BCUT2D eigenvalue weighted by atomic mass is 32.2. The molecule has 1 aromatic rings. The standard InChI is InChI=1S/C15H20FNO3S2/c1-3-20-9-15(14(17)21)12(13(15)22(18,19)4-2)10-5-7-11(16)8-6-10/h5-8,12-13H,3-4,9H2,1-2H3,(H2,17,21)/t12-,13+,15-/m1/s1. The average molecular weight is 345 g/mol. The largest absolute Gasteiger partial charge is 0.393 e. The Balaban J connectivity index is 2.48. The second-order valence-electron chi connectivity index (χ2n) is 5.44. The number of rotatable bonds is 7. The van der Waals surface area contributed by atoms with E-state index in [9.17, 15) is 12.8 Å². The Kier molecular flexibility index (Phi) is 4.89. The highest BCUT2D eigenvalue weighted by Gasteiger charge is 2.72. The van der Waals surface area contributed by atoms with E-state index in [0.717, 1.165) is 5.56 Å². The number of thiocarbonyl (C=S) groups is 1. The maximum absolute atomic E-state index is 13.1. The molecule has 7 heteroatoms. The first-order valence-corrected chi connectivity index (χ1v) is 9.28. The van der Waals surface area contributed by atoms with Gasteiger partial charge >= 0.3 is 0 Å². The van der Waals surface area contributed by atoms with Crippen LogP contribution in [0.15, 0.2) is 24.3 Å². The maximum atomic E-state index is 13.1. The molecule has 2 rings (SSSR count). The minimum atomic E-state index is -3.36. The maximum Gasteiger partial charge on any atom is 0.154 e. The second-order valence-corrected chi connectivity index (χ2v) is 8.29. The molecule has 122 valence electrons. The van der Waals surface area contributed by atoms with E-state index in [0.29, 0.717) is 6.61 Å². The molecular weight excluding hydrogens is 325 g/mol. The molecular formula is C15H20FNO3S2. The lowest BCUT2D eigenvalue weighted by Gasteiger charge is -2.16. The zero-order valence-electron chi connectivity index (χ0n) is 12.6. The normalized spacial score (nSPS) is 27.6. The summed E-state index contributed by atoms with van der Waals surface area (Å²) in [6.45, 7) is 4.02. The first kappa shape index (κ1) is 17.3. The van der Waals surface area contributed by atoms with Gasteiger partial charge in [0.25, 0.3) is 0 Å². The fourth-order valence-corrected chi connectivity index (χ4v) is 5.53. The number of hydrogen-bond donors (Lipinski definition) is 1. The molecule has 1 saturated carbocycles. The molecule has 3 atom stereocenters. The summed E-state index contributed by atoms with van der Waals surface area (Å²) in [6, 6.07) is 5.80. The lowest BCUT2D eigenvalue weighted by molar-refractivity contribution is 0.121. The third kappa shape index (κ3) is 2.77. The summed E-state index contributed by atoms with van der Waals surface area (Å²) < 4.78 is 43.5. The van der Waals surface area contributed by atoms with Crippen LogP contribution in [0.25, 0.3) is 0 Å². The minimum Gasteiger partial charge on any atom is -0.393 e. The van der Waals surface area contributed by atoms with Crippen molar-refractivity contribution < 1.29 is 17.5 Å². The number of nitrogens with two attached hydrogens (primary N) is 1. The second kappa shape index (κ2) is 6.22. The molecule has 0 amide bonds. The van der Waals surface area contributed by atoms with Crippen molar-refractivity contribution in [2.24, 2.45) is 11.1 Å². The summed E-state index contributed by atoms with van der Waals surface area (Å²) in [5.74, 6) is -0.751. The molecule has 0 saturated heterocycles. The molecule has 1 aliphatic carbocycles. The number of halogens is 1. The predicted octanol–water partition coefficient (Wildman–Crippen LogP) is 2.04. The topological polar surface area (TPSA) is 69.4 Å². The van der Waals surface area contributed by atoms with Gasteiger partial charge in [0.05, 0.1) is 22.3 Å². The highest BCUT2D eigenvalue weighted by Crippen LogP contribution is 2.63. The van der Waals surface area contributed by atoms with Gasteiger partial charge in [0.15, 0.2) is 9.84 Å².